The highest BCUT2D eigenvalue weighted by Crippen LogP contribution is 2.26. The monoisotopic (exact) mass is 348 g/mol. The van der Waals surface area contributed by atoms with Gasteiger partial charge >= 0.3 is 0 Å². The first-order chi connectivity index (χ1) is 12.2. The van der Waals surface area contributed by atoms with E-state index >= 15 is 0 Å². The standard InChI is InChI=1S/C17H28N6O2/c1-3-4-9-19-16-21-14(18)13-15(22-16)23(17(20-13)24-2)10-8-12-7-5-6-11-25-12/h12H,3-11H2,1-2H3,(H3,18,19,21,22). The molecule has 25 heavy (non-hydrogen) atoms. The molecule has 2 aromatic heterocycles. The van der Waals surface area contributed by atoms with E-state index in [0.717, 1.165) is 51.8 Å². The number of nitrogens with one attached hydrogen (secondary N) is 1. The number of hydrogen-bond donors (Lipinski definition) is 2. The Morgan fingerprint density at radius 1 is 1.32 bits per heavy atom. The Balaban J connectivity index is 1.83. The van der Waals surface area contributed by atoms with Crippen molar-refractivity contribution in [2.24, 2.45) is 0 Å². The second-order valence-electron chi connectivity index (χ2n) is 6.41. The topological polar surface area (TPSA) is 100 Å². The zero-order chi connectivity index (χ0) is 17.6. The smallest absolute Gasteiger partial charge is 0.298 e. The van der Waals surface area contributed by atoms with E-state index in [1.807, 2.05) is 4.57 Å². The number of aryl methyl sites for hydroxylation is 1. The van der Waals surface area contributed by atoms with E-state index in [2.05, 4.69) is 27.2 Å². The number of methoxy groups -OCH3 is 1. The lowest BCUT2D eigenvalue weighted by atomic mass is 10.1. The number of nitrogens with two attached hydrogens (primary N) is 1. The highest BCUT2D eigenvalue weighted by Gasteiger charge is 2.20. The number of nitrogen functional groups attached to an aromatic ring is 1. The number of nitrogens with zero attached hydrogens (tertiary/aromatic N) is 4. The summed E-state index contributed by atoms with van der Waals surface area (Å²) in [6.45, 7) is 4.55. The van der Waals surface area contributed by atoms with Crippen LogP contribution in [-0.4, -0.2) is 45.9 Å². The molecule has 0 spiro atoms. The number of imidazole rings is 1. The van der Waals surface area contributed by atoms with Crippen LogP contribution in [0.1, 0.15) is 45.4 Å². The van der Waals surface area contributed by atoms with Crippen molar-refractivity contribution in [3.63, 3.8) is 0 Å². The number of anilines is 2. The lowest BCUT2D eigenvalue weighted by Crippen LogP contribution is -2.21. The van der Waals surface area contributed by atoms with Gasteiger partial charge in [0.15, 0.2) is 17.0 Å². The minimum Gasteiger partial charge on any atom is -0.468 e. The maximum absolute atomic E-state index is 6.09. The summed E-state index contributed by atoms with van der Waals surface area (Å²) in [7, 11) is 1.61. The normalized spacial score (nSPS) is 17.8. The zero-order valence-corrected chi connectivity index (χ0v) is 15.1. The van der Waals surface area contributed by atoms with Gasteiger partial charge < -0.3 is 20.5 Å². The van der Waals surface area contributed by atoms with Crippen LogP contribution < -0.4 is 15.8 Å². The Bertz CT molecular complexity index is 696. The Kier molecular flexibility index (Phi) is 5.91. The van der Waals surface area contributed by atoms with Crippen molar-refractivity contribution in [2.75, 3.05) is 31.3 Å². The molecule has 8 nitrogen and oxygen atoms in total. The van der Waals surface area contributed by atoms with Gasteiger partial charge in [-0.2, -0.15) is 15.0 Å². The van der Waals surface area contributed by atoms with E-state index in [1.165, 1.54) is 6.42 Å². The highest BCUT2D eigenvalue weighted by molar-refractivity contribution is 5.84. The van der Waals surface area contributed by atoms with Gasteiger partial charge in [0.25, 0.3) is 6.01 Å². The van der Waals surface area contributed by atoms with Gasteiger partial charge in [0.2, 0.25) is 5.95 Å². The molecule has 138 valence electrons. The second-order valence-corrected chi connectivity index (χ2v) is 6.41. The number of ether oxygens (including phenoxy) is 2. The molecule has 1 atom stereocenters. The molecule has 0 amide bonds. The molecule has 1 aliphatic rings. The van der Waals surface area contributed by atoms with E-state index in [9.17, 15) is 0 Å². The van der Waals surface area contributed by atoms with E-state index in [0.29, 0.717) is 28.9 Å². The summed E-state index contributed by atoms with van der Waals surface area (Å²) in [5, 5.41) is 3.23. The number of fused-ring (bicyclic) bond motifs is 1. The third-order valence-electron chi connectivity index (χ3n) is 4.53. The molecule has 1 aliphatic heterocycles. The lowest BCUT2D eigenvalue weighted by Gasteiger charge is -2.22. The molecular weight excluding hydrogens is 320 g/mol. The molecule has 3 rings (SSSR count). The van der Waals surface area contributed by atoms with Gasteiger partial charge in [-0.1, -0.05) is 13.3 Å². The largest absolute Gasteiger partial charge is 0.468 e. The molecule has 3 N–H and O–H groups in total. The van der Waals surface area contributed by atoms with E-state index in [-0.39, 0.29) is 6.10 Å². The third-order valence-corrected chi connectivity index (χ3v) is 4.53. The lowest BCUT2D eigenvalue weighted by molar-refractivity contribution is 0.00868. The van der Waals surface area contributed by atoms with Crippen molar-refractivity contribution < 1.29 is 9.47 Å². The van der Waals surface area contributed by atoms with Gasteiger partial charge in [-0.25, -0.2) is 0 Å². The predicted octanol–water partition coefficient (Wildman–Crippen LogP) is 2.59. The van der Waals surface area contributed by atoms with Gasteiger partial charge in [0, 0.05) is 19.7 Å². The van der Waals surface area contributed by atoms with E-state index in [1.54, 1.807) is 7.11 Å². The minimum atomic E-state index is 0.289. The molecule has 1 saturated heterocycles. The molecule has 0 bridgehead atoms. The van der Waals surface area contributed by atoms with Crippen molar-refractivity contribution in [1.29, 1.82) is 0 Å². The fourth-order valence-electron chi connectivity index (χ4n) is 3.12. The minimum absolute atomic E-state index is 0.289. The Morgan fingerprint density at radius 3 is 2.92 bits per heavy atom. The molecule has 2 aromatic rings. The number of aromatic nitrogens is 4. The molecule has 3 heterocycles. The van der Waals surface area contributed by atoms with Crippen LogP contribution in [0.3, 0.4) is 0 Å². The van der Waals surface area contributed by atoms with Crippen LogP contribution in [0.4, 0.5) is 11.8 Å². The molecule has 0 aromatic carbocycles. The Hall–Kier alpha value is -2.09. The predicted molar refractivity (Wildman–Crippen MR) is 97.9 cm³/mol. The van der Waals surface area contributed by atoms with E-state index < -0.39 is 0 Å². The Labute approximate surface area is 148 Å². The molecule has 0 saturated carbocycles. The molecule has 8 heteroatoms. The van der Waals surface area contributed by atoms with Gasteiger partial charge in [0.1, 0.15) is 0 Å². The van der Waals surface area contributed by atoms with Gasteiger partial charge in [-0.15, -0.1) is 0 Å². The zero-order valence-electron chi connectivity index (χ0n) is 15.1. The first kappa shape index (κ1) is 17.7. The second kappa shape index (κ2) is 8.33. The van der Waals surface area contributed by atoms with Crippen LogP contribution in [-0.2, 0) is 11.3 Å². The Morgan fingerprint density at radius 2 is 2.20 bits per heavy atom. The van der Waals surface area contributed by atoms with E-state index in [4.69, 9.17) is 15.2 Å². The van der Waals surface area contributed by atoms with Crippen molar-refractivity contribution in [3.05, 3.63) is 0 Å². The van der Waals surface area contributed by atoms with Crippen LogP contribution >= 0.6 is 0 Å². The highest BCUT2D eigenvalue weighted by atomic mass is 16.5. The number of unbranched alkanes of at least 4 members (excludes halogenated alkanes) is 1. The molecule has 1 fully saturated rings. The van der Waals surface area contributed by atoms with Crippen LogP contribution in [0.5, 0.6) is 6.01 Å². The maximum Gasteiger partial charge on any atom is 0.298 e. The number of hydrogen-bond acceptors (Lipinski definition) is 7. The van der Waals surface area contributed by atoms with Crippen molar-refractivity contribution in [1.82, 2.24) is 19.5 Å². The quantitative estimate of drug-likeness (QED) is 0.707. The van der Waals surface area contributed by atoms with Crippen LogP contribution in [0, 0.1) is 0 Å². The van der Waals surface area contributed by atoms with Crippen molar-refractivity contribution in [3.8, 4) is 6.01 Å². The first-order valence-corrected chi connectivity index (χ1v) is 9.16. The maximum atomic E-state index is 6.09. The summed E-state index contributed by atoms with van der Waals surface area (Å²) in [5.74, 6) is 0.908. The SMILES string of the molecule is CCCCNc1nc(N)c2nc(OC)n(CCC3CCCCO3)c2n1. The fraction of sp³-hybridized carbons (Fsp3) is 0.706. The average Bonchev–Trinajstić information content (AvgIpc) is 2.99. The summed E-state index contributed by atoms with van der Waals surface area (Å²) < 4.78 is 13.2. The summed E-state index contributed by atoms with van der Waals surface area (Å²) in [5.41, 5.74) is 7.38. The third kappa shape index (κ3) is 4.12. The van der Waals surface area contributed by atoms with Gasteiger partial charge in [-0.05, 0) is 32.1 Å². The van der Waals surface area contributed by atoms with Crippen molar-refractivity contribution >= 4 is 22.9 Å². The fourth-order valence-corrected chi connectivity index (χ4v) is 3.12. The molecule has 0 aliphatic carbocycles. The van der Waals surface area contributed by atoms with Crippen molar-refractivity contribution in [2.45, 2.75) is 58.1 Å². The molecule has 1 unspecified atom stereocenters. The first-order valence-electron chi connectivity index (χ1n) is 9.16. The van der Waals surface area contributed by atoms with Gasteiger partial charge in [-0.3, -0.25) is 4.57 Å². The van der Waals surface area contributed by atoms with Crippen LogP contribution in [0.15, 0.2) is 0 Å². The average molecular weight is 348 g/mol. The summed E-state index contributed by atoms with van der Waals surface area (Å²) in [6.07, 6.45) is 6.86. The summed E-state index contributed by atoms with van der Waals surface area (Å²) >= 11 is 0. The van der Waals surface area contributed by atoms with Crippen LogP contribution in [0.2, 0.25) is 0 Å². The summed E-state index contributed by atoms with van der Waals surface area (Å²) in [4.78, 5) is 13.4. The van der Waals surface area contributed by atoms with Gasteiger partial charge in [0.05, 0.1) is 13.2 Å². The van der Waals surface area contributed by atoms with Crippen LogP contribution in [0.25, 0.3) is 11.2 Å². The molecule has 0 radical (unpaired) electrons. The summed E-state index contributed by atoms with van der Waals surface area (Å²) in [6, 6.07) is 0.512. The number of rotatable bonds is 8. The molecular formula is C17H28N6O2.